The van der Waals surface area contributed by atoms with Crippen LogP contribution in [0.3, 0.4) is 0 Å². The number of nitrogens with one attached hydrogen (secondary N) is 1. The molecular formula is C12H8BrF2N3O. The van der Waals surface area contributed by atoms with Crippen LogP contribution in [-0.4, -0.2) is 10.9 Å². The van der Waals surface area contributed by atoms with Crippen LogP contribution in [0.2, 0.25) is 0 Å². The van der Waals surface area contributed by atoms with Crippen molar-refractivity contribution in [3.05, 3.63) is 52.3 Å². The van der Waals surface area contributed by atoms with Gasteiger partial charge in [0.1, 0.15) is 16.2 Å². The second-order valence-corrected chi connectivity index (χ2v) is 4.49. The summed E-state index contributed by atoms with van der Waals surface area (Å²) >= 11 is 3.14. The van der Waals surface area contributed by atoms with Crippen LogP contribution >= 0.6 is 15.9 Å². The van der Waals surface area contributed by atoms with Crippen molar-refractivity contribution in [2.24, 2.45) is 0 Å². The number of rotatable bonds is 2. The molecular weight excluding hydrogens is 320 g/mol. The maximum absolute atomic E-state index is 13.5. The number of nitrogens with two attached hydrogens (primary N) is 1. The summed E-state index contributed by atoms with van der Waals surface area (Å²) in [6.07, 6.45) is 1.40. The molecule has 3 N–H and O–H groups in total. The average Bonchev–Trinajstić information content (AvgIpc) is 2.36. The molecule has 1 heterocycles. The Bertz CT molecular complexity index is 632. The number of anilines is 2. The van der Waals surface area contributed by atoms with Gasteiger partial charge in [-0.3, -0.25) is 4.79 Å². The van der Waals surface area contributed by atoms with Crippen molar-refractivity contribution < 1.29 is 13.6 Å². The highest BCUT2D eigenvalue weighted by atomic mass is 79.9. The highest BCUT2D eigenvalue weighted by Crippen LogP contribution is 2.18. The maximum atomic E-state index is 13.5. The summed E-state index contributed by atoms with van der Waals surface area (Å²) in [6.45, 7) is 0. The van der Waals surface area contributed by atoms with Crippen LogP contribution in [0.15, 0.2) is 35.1 Å². The smallest absolute Gasteiger partial charge is 0.258 e. The highest BCUT2D eigenvalue weighted by molar-refractivity contribution is 9.10. The van der Waals surface area contributed by atoms with Crippen molar-refractivity contribution in [2.45, 2.75) is 0 Å². The quantitative estimate of drug-likeness (QED) is 0.658. The second kappa shape index (κ2) is 5.31. The monoisotopic (exact) mass is 327 g/mol. The number of amides is 1. The number of aromatic nitrogens is 1. The number of carbonyl (C=O) groups is 1. The van der Waals surface area contributed by atoms with Gasteiger partial charge in [-0.15, -0.1) is 0 Å². The van der Waals surface area contributed by atoms with Crippen LogP contribution in [0.25, 0.3) is 0 Å². The van der Waals surface area contributed by atoms with E-state index in [1.807, 2.05) is 0 Å². The van der Waals surface area contributed by atoms with Crippen LogP contribution in [0.1, 0.15) is 10.4 Å². The van der Waals surface area contributed by atoms with Crippen molar-refractivity contribution in [1.82, 2.24) is 4.98 Å². The van der Waals surface area contributed by atoms with Gasteiger partial charge >= 0.3 is 0 Å². The topological polar surface area (TPSA) is 68.0 Å². The van der Waals surface area contributed by atoms with Crippen molar-refractivity contribution in [3.63, 3.8) is 0 Å². The minimum atomic E-state index is -0.978. The number of pyridine rings is 1. The molecule has 0 saturated heterocycles. The Morgan fingerprint density at radius 3 is 2.63 bits per heavy atom. The van der Waals surface area contributed by atoms with Crippen LogP contribution < -0.4 is 11.1 Å². The Kier molecular flexibility index (Phi) is 3.75. The number of nitrogens with zero attached hydrogens (tertiary/aromatic N) is 1. The molecule has 0 unspecified atom stereocenters. The normalized spacial score (nSPS) is 10.3. The third-order valence-corrected chi connectivity index (χ3v) is 2.79. The van der Waals surface area contributed by atoms with E-state index in [4.69, 9.17) is 5.73 Å². The SMILES string of the molecule is Nc1cc(C(=O)Nc2ccc(Br)nc2)c(F)cc1F. The van der Waals surface area contributed by atoms with Crippen LogP contribution in [-0.2, 0) is 0 Å². The molecule has 4 nitrogen and oxygen atoms in total. The van der Waals surface area contributed by atoms with Gasteiger partial charge in [0.25, 0.3) is 5.91 Å². The molecule has 19 heavy (non-hydrogen) atoms. The Hall–Kier alpha value is -2.02. The first-order chi connectivity index (χ1) is 8.97. The summed E-state index contributed by atoms with van der Waals surface area (Å²) in [6, 6.07) is 4.72. The van der Waals surface area contributed by atoms with E-state index in [1.54, 1.807) is 12.1 Å². The first-order valence-electron chi connectivity index (χ1n) is 5.15. The first-order valence-corrected chi connectivity index (χ1v) is 5.94. The molecule has 2 rings (SSSR count). The van der Waals surface area contributed by atoms with Gasteiger partial charge in [0.05, 0.1) is 23.1 Å². The molecule has 0 aliphatic rings. The summed E-state index contributed by atoms with van der Waals surface area (Å²) in [5.41, 5.74) is 5.06. The summed E-state index contributed by atoms with van der Waals surface area (Å²) in [7, 11) is 0. The molecule has 0 aliphatic heterocycles. The first kappa shape index (κ1) is 13.4. The zero-order chi connectivity index (χ0) is 14.0. The molecule has 1 amide bonds. The third-order valence-electron chi connectivity index (χ3n) is 2.32. The predicted octanol–water partition coefficient (Wildman–Crippen LogP) is 2.96. The number of carbonyl (C=O) groups excluding carboxylic acids is 1. The molecule has 0 saturated carbocycles. The molecule has 0 fully saturated rings. The predicted molar refractivity (Wildman–Crippen MR) is 70.7 cm³/mol. The van der Waals surface area contributed by atoms with Gasteiger partial charge in [-0.25, -0.2) is 13.8 Å². The third kappa shape index (κ3) is 3.05. The Labute approximate surface area is 115 Å². The highest BCUT2D eigenvalue weighted by Gasteiger charge is 2.15. The van der Waals surface area contributed by atoms with Crippen LogP contribution in [0.5, 0.6) is 0 Å². The van der Waals surface area contributed by atoms with E-state index in [9.17, 15) is 13.6 Å². The van der Waals surface area contributed by atoms with Crippen molar-refractivity contribution >= 4 is 33.2 Å². The van der Waals surface area contributed by atoms with E-state index < -0.39 is 17.5 Å². The lowest BCUT2D eigenvalue weighted by molar-refractivity contribution is 0.102. The molecule has 2 aromatic rings. The fourth-order valence-corrected chi connectivity index (χ4v) is 1.62. The van der Waals surface area contributed by atoms with E-state index in [2.05, 4.69) is 26.2 Å². The summed E-state index contributed by atoms with van der Waals surface area (Å²) in [4.78, 5) is 15.7. The molecule has 0 spiro atoms. The number of hydrogen-bond acceptors (Lipinski definition) is 3. The van der Waals surface area contributed by atoms with Crippen LogP contribution in [0, 0.1) is 11.6 Å². The molecule has 98 valence electrons. The molecule has 0 aliphatic carbocycles. The molecule has 0 atom stereocenters. The van der Waals surface area contributed by atoms with E-state index >= 15 is 0 Å². The molecule has 0 radical (unpaired) electrons. The van der Waals surface area contributed by atoms with Gasteiger partial charge in [-0.05, 0) is 34.1 Å². The zero-order valence-electron chi connectivity index (χ0n) is 9.45. The van der Waals surface area contributed by atoms with Gasteiger partial charge in [0, 0.05) is 6.07 Å². The minimum Gasteiger partial charge on any atom is -0.396 e. The fourth-order valence-electron chi connectivity index (χ4n) is 1.39. The van der Waals surface area contributed by atoms with E-state index in [0.717, 1.165) is 6.07 Å². The van der Waals surface area contributed by atoms with Gasteiger partial charge in [0.2, 0.25) is 0 Å². The molecule has 1 aromatic carbocycles. The minimum absolute atomic E-state index is 0.291. The second-order valence-electron chi connectivity index (χ2n) is 3.68. The van der Waals surface area contributed by atoms with Gasteiger partial charge in [-0.2, -0.15) is 0 Å². The van der Waals surface area contributed by atoms with E-state index in [0.29, 0.717) is 16.4 Å². The van der Waals surface area contributed by atoms with Gasteiger partial charge < -0.3 is 11.1 Å². The number of benzene rings is 1. The molecule has 1 aromatic heterocycles. The standard InChI is InChI=1S/C12H8BrF2N3O/c13-11-2-1-6(5-17-11)18-12(19)7-3-10(16)9(15)4-8(7)14/h1-5H,16H2,(H,18,19). The van der Waals surface area contributed by atoms with Crippen LogP contribution in [0.4, 0.5) is 20.2 Å². The van der Waals surface area contributed by atoms with Crippen molar-refractivity contribution in [2.75, 3.05) is 11.1 Å². The van der Waals surface area contributed by atoms with Gasteiger partial charge in [-0.1, -0.05) is 0 Å². The van der Waals surface area contributed by atoms with Crippen molar-refractivity contribution in [1.29, 1.82) is 0 Å². The summed E-state index contributed by atoms with van der Waals surface area (Å²) in [5, 5.41) is 2.43. The lowest BCUT2D eigenvalue weighted by Gasteiger charge is -2.07. The van der Waals surface area contributed by atoms with Gasteiger partial charge in [0.15, 0.2) is 0 Å². The number of halogens is 3. The Morgan fingerprint density at radius 1 is 1.26 bits per heavy atom. The van der Waals surface area contributed by atoms with Crippen molar-refractivity contribution in [3.8, 4) is 0 Å². The molecule has 0 bridgehead atoms. The average molecular weight is 328 g/mol. The Morgan fingerprint density at radius 2 is 2.00 bits per heavy atom. The fraction of sp³-hybridized carbons (Fsp3) is 0. The summed E-state index contributed by atoms with van der Waals surface area (Å²) in [5.74, 6) is -2.61. The lowest BCUT2D eigenvalue weighted by atomic mass is 10.1. The number of nitrogen functional groups attached to an aromatic ring is 1. The summed E-state index contributed by atoms with van der Waals surface area (Å²) < 4.78 is 27.1. The van der Waals surface area contributed by atoms with E-state index in [1.165, 1.54) is 6.20 Å². The maximum Gasteiger partial charge on any atom is 0.258 e. The Balaban J connectivity index is 2.25. The lowest BCUT2D eigenvalue weighted by Crippen LogP contribution is -2.14. The zero-order valence-corrected chi connectivity index (χ0v) is 11.0. The molecule has 7 heteroatoms. The largest absolute Gasteiger partial charge is 0.396 e. The number of hydrogen-bond donors (Lipinski definition) is 2. The van der Waals surface area contributed by atoms with E-state index in [-0.39, 0.29) is 11.3 Å².